The third-order valence-corrected chi connectivity index (χ3v) is 12.1. The van der Waals surface area contributed by atoms with Crippen LogP contribution in [0.5, 0.6) is 0 Å². The fraction of sp³-hybridized carbons (Fsp3) is 0.0185. The minimum absolute atomic E-state index is 0.500. The number of hydrogen-bond acceptors (Lipinski definition) is 3. The lowest BCUT2D eigenvalue weighted by molar-refractivity contribution is 0.802. The van der Waals surface area contributed by atoms with Crippen molar-refractivity contribution < 1.29 is 0 Å². The van der Waals surface area contributed by atoms with Crippen molar-refractivity contribution in [1.82, 2.24) is 15.0 Å². The summed E-state index contributed by atoms with van der Waals surface area (Å²) in [4.78, 5) is 15.4. The van der Waals surface area contributed by atoms with Crippen LogP contribution in [0.1, 0.15) is 22.3 Å². The molecule has 0 aliphatic heterocycles. The maximum Gasteiger partial charge on any atom is 0.164 e. The summed E-state index contributed by atoms with van der Waals surface area (Å²) in [6, 6.07) is 72.0. The quantitative estimate of drug-likeness (QED) is 0.170. The summed E-state index contributed by atoms with van der Waals surface area (Å²) in [6.07, 6.45) is 0. The lowest BCUT2D eigenvalue weighted by Crippen LogP contribution is -2.26. The minimum atomic E-state index is -0.500. The van der Waals surface area contributed by atoms with E-state index < -0.39 is 5.41 Å². The van der Waals surface area contributed by atoms with Crippen molar-refractivity contribution in [2.24, 2.45) is 0 Å². The van der Waals surface area contributed by atoms with Crippen molar-refractivity contribution >= 4 is 21.5 Å². The highest BCUT2D eigenvalue weighted by Crippen LogP contribution is 2.65. The molecule has 0 N–H and O–H groups in total. The predicted octanol–water partition coefficient (Wildman–Crippen LogP) is 13.2. The van der Waals surface area contributed by atoms with Gasteiger partial charge in [0.05, 0.1) is 5.41 Å². The summed E-state index contributed by atoms with van der Waals surface area (Å²) < 4.78 is 0. The standard InChI is InChI=1S/C54H33N3/c1-3-15-34(16-4-1)35-27-29-37(30-28-35)52-55-51(36-17-5-2-6-18-36)56-53(57-52)38-31-32-48-45(33-38)41-21-11-13-25-46(41)54(48)47-26-14-12-24-44(47)49-42-22-9-7-19-39(42)40-20-8-10-23-43(40)50(49)54/h1-33H. The largest absolute Gasteiger partial charge is 0.208 e. The second kappa shape index (κ2) is 12.3. The van der Waals surface area contributed by atoms with Crippen LogP contribution in [-0.2, 0) is 5.41 Å². The van der Waals surface area contributed by atoms with E-state index in [0.717, 1.165) is 22.3 Å². The molecule has 57 heavy (non-hydrogen) atoms. The SMILES string of the molecule is c1ccc(-c2ccc(-c3nc(-c4ccccc4)nc(-c4ccc5c(c4)-c4ccccc4C54c5ccccc5-c5c4c4ccccc4c4ccccc54)n3)cc2)cc1. The first-order valence-electron chi connectivity index (χ1n) is 19.5. The maximum absolute atomic E-state index is 5.20. The molecule has 10 aromatic rings. The van der Waals surface area contributed by atoms with E-state index in [1.54, 1.807) is 0 Å². The molecule has 0 amide bonds. The molecule has 0 saturated carbocycles. The van der Waals surface area contributed by atoms with Crippen molar-refractivity contribution in [3.63, 3.8) is 0 Å². The topological polar surface area (TPSA) is 38.7 Å². The third-order valence-electron chi connectivity index (χ3n) is 12.1. The molecular formula is C54H33N3. The summed E-state index contributed by atoms with van der Waals surface area (Å²) in [6.45, 7) is 0. The van der Waals surface area contributed by atoms with Gasteiger partial charge < -0.3 is 0 Å². The second-order valence-electron chi connectivity index (χ2n) is 15.1. The van der Waals surface area contributed by atoms with Gasteiger partial charge in [-0.25, -0.2) is 15.0 Å². The highest BCUT2D eigenvalue weighted by atomic mass is 15.0. The van der Waals surface area contributed by atoms with Crippen molar-refractivity contribution in [3.8, 4) is 67.5 Å². The van der Waals surface area contributed by atoms with Crippen LogP contribution in [0.4, 0.5) is 0 Å². The van der Waals surface area contributed by atoms with E-state index in [1.807, 2.05) is 24.3 Å². The number of fused-ring (bicyclic) bond motifs is 15. The molecule has 0 fully saturated rings. The van der Waals surface area contributed by atoms with E-state index in [0.29, 0.717) is 17.5 Å². The van der Waals surface area contributed by atoms with Crippen LogP contribution in [0, 0.1) is 0 Å². The predicted molar refractivity (Wildman–Crippen MR) is 233 cm³/mol. The van der Waals surface area contributed by atoms with Gasteiger partial charge in [-0.15, -0.1) is 0 Å². The first kappa shape index (κ1) is 31.8. The lowest BCUT2D eigenvalue weighted by atomic mass is 9.69. The number of rotatable bonds is 4. The second-order valence-corrected chi connectivity index (χ2v) is 15.1. The molecule has 3 heteroatoms. The normalized spacial score (nSPS) is 14.7. The Morgan fingerprint density at radius 1 is 0.281 bits per heavy atom. The van der Waals surface area contributed by atoms with Gasteiger partial charge in [0, 0.05) is 16.7 Å². The van der Waals surface area contributed by atoms with Crippen LogP contribution in [0.3, 0.4) is 0 Å². The Kier molecular flexibility index (Phi) is 6.84. The average molecular weight is 724 g/mol. The van der Waals surface area contributed by atoms with E-state index in [2.05, 4.69) is 176 Å². The smallest absolute Gasteiger partial charge is 0.164 e. The number of aromatic nitrogens is 3. The van der Waals surface area contributed by atoms with E-state index in [9.17, 15) is 0 Å². The summed E-state index contributed by atoms with van der Waals surface area (Å²) in [7, 11) is 0. The Morgan fingerprint density at radius 2 is 0.702 bits per heavy atom. The fourth-order valence-electron chi connectivity index (χ4n) is 9.75. The molecule has 0 saturated heterocycles. The number of benzene rings is 9. The van der Waals surface area contributed by atoms with Crippen molar-refractivity contribution in [3.05, 3.63) is 222 Å². The van der Waals surface area contributed by atoms with Gasteiger partial charge in [0.25, 0.3) is 0 Å². The molecule has 0 bridgehead atoms. The van der Waals surface area contributed by atoms with Gasteiger partial charge in [-0.05, 0) is 83.2 Å². The molecule has 3 nitrogen and oxygen atoms in total. The molecule has 9 aromatic carbocycles. The van der Waals surface area contributed by atoms with Crippen molar-refractivity contribution in [2.45, 2.75) is 5.41 Å². The highest BCUT2D eigenvalue weighted by molar-refractivity contribution is 6.20. The highest BCUT2D eigenvalue weighted by Gasteiger charge is 2.53. The molecule has 12 rings (SSSR count). The molecular weight excluding hydrogens is 691 g/mol. The number of hydrogen-bond donors (Lipinski definition) is 0. The van der Waals surface area contributed by atoms with Gasteiger partial charge in [-0.2, -0.15) is 0 Å². The zero-order valence-electron chi connectivity index (χ0n) is 30.9. The van der Waals surface area contributed by atoms with Crippen molar-refractivity contribution in [1.29, 1.82) is 0 Å². The summed E-state index contributed by atoms with van der Waals surface area (Å²) in [5.41, 5.74) is 15.0. The van der Waals surface area contributed by atoms with Gasteiger partial charge >= 0.3 is 0 Å². The van der Waals surface area contributed by atoms with Gasteiger partial charge in [0.1, 0.15) is 0 Å². The summed E-state index contributed by atoms with van der Waals surface area (Å²) in [5.74, 6) is 1.95. The molecule has 1 atom stereocenters. The zero-order valence-corrected chi connectivity index (χ0v) is 30.9. The number of nitrogens with zero attached hydrogens (tertiary/aromatic N) is 3. The van der Waals surface area contributed by atoms with Crippen LogP contribution in [0.15, 0.2) is 200 Å². The van der Waals surface area contributed by atoms with Crippen LogP contribution in [0.25, 0.3) is 89.1 Å². The Labute approximate surface area is 330 Å². The average Bonchev–Trinajstić information content (AvgIpc) is 3.77. The van der Waals surface area contributed by atoms with Gasteiger partial charge in [0.15, 0.2) is 17.5 Å². The Hall–Kier alpha value is -7.49. The molecule has 1 heterocycles. The molecule has 1 spiro atoms. The molecule has 2 aliphatic carbocycles. The fourth-order valence-corrected chi connectivity index (χ4v) is 9.75. The molecule has 0 radical (unpaired) electrons. The van der Waals surface area contributed by atoms with Crippen LogP contribution < -0.4 is 0 Å². The molecule has 264 valence electrons. The van der Waals surface area contributed by atoms with Crippen molar-refractivity contribution in [2.75, 3.05) is 0 Å². The Bertz CT molecular complexity index is 3220. The summed E-state index contributed by atoms with van der Waals surface area (Å²) >= 11 is 0. The third kappa shape index (κ3) is 4.57. The van der Waals surface area contributed by atoms with E-state index >= 15 is 0 Å². The summed E-state index contributed by atoms with van der Waals surface area (Å²) in [5, 5.41) is 5.16. The Balaban J connectivity index is 1.09. The first-order valence-corrected chi connectivity index (χ1v) is 19.5. The van der Waals surface area contributed by atoms with Crippen LogP contribution >= 0.6 is 0 Å². The van der Waals surface area contributed by atoms with Crippen LogP contribution in [0.2, 0.25) is 0 Å². The Morgan fingerprint density at radius 3 is 1.39 bits per heavy atom. The minimum Gasteiger partial charge on any atom is -0.208 e. The first-order chi connectivity index (χ1) is 28.3. The zero-order chi connectivity index (χ0) is 37.5. The maximum atomic E-state index is 5.20. The van der Waals surface area contributed by atoms with Gasteiger partial charge in [0.2, 0.25) is 0 Å². The monoisotopic (exact) mass is 723 g/mol. The van der Waals surface area contributed by atoms with E-state index in [-0.39, 0.29) is 0 Å². The molecule has 1 aromatic heterocycles. The van der Waals surface area contributed by atoms with Gasteiger partial charge in [-0.1, -0.05) is 194 Å². The molecule has 2 aliphatic rings. The van der Waals surface area contributed by atoms with Gasteiger partial charge in [-0.3, -0.25) is 0 Å². The van der Waals surface area contributed by atoms with E-state index in [4.69, 9.17) is 15.0 Å². The molecule has 1 unspecified atom stereocenters. The van der Waals surface area contributed by atoms with E-state index in [1.165, 1.54) is 71.6 Å². The van der Waals surface area contributed by atoms with Crippen LogP contribution in [-0.4, -0.2) is 15.0 Å². The lowest BCUT2D eigenvalue weighted by Gasteiger charge is -2.31.